The molecule has 29 heavy (non-hydrogen) atoms. The van der Waals surface area contributed by atoms with Crippen molar-refractivity contribution in [2.75, 3.05) is 29.5 Å². The van der Waals surface area contributed by atoms with Crippen molar-refractivity contribution in [1.82, 2.24) is 25.1 Å². The van der Waals surface area contributed by atoms with Crippen molar-refractivity contribution >= 4 is 45.8 Å². The molecule has 11 heteroatoms. The second kappa shape index (κ2) is 9.33. The molecule has 4 N–H and O–H groups in total. The molecule has 1 fully saturated rings. The Kier molecular flexibility index (Phi) is 6.37. The molecule has 1 aromatic carbocycles. The fourth-order valence-electron chi connectivity index (χ4n) is 2.86. The lowest BCUT2D eigenvalue weighted by atomic mass is 10.2. The molecule has 0 bridgehead atoms. The Labute approximate surface area is 176 Å². The van der Waals surface area contributed by atoms with Crippen LogP contribution in [0.15, 0.2) is 28.6 Å². The van der Waals surface area contributed by atoms with E-state index in [1.54, 1.807) is 0 Å². The van der Waals surface area contributed by atoms with Gasteiger partial charge in [0.15, 0.2) is 4.34 Å². The molecule has 3 heterocycles. The number of hydrogen-bond donors (Lipinski definition) is 3. The maximum absolute atomic E-state index is 5.86. The fraction of sp³-hybridized carbons (Fsp3) is 0.389. The quantitative estimate of drug-likeness (QED) is 0.459. The fourth-order valence-corrected chi connectivity index (χ4v) is 4.48. The molecular weight excluding hydrogens is 408 g/mol. The summed E-state index contributed by atoms with van der Waals surface area (Å²) in [6.07, 6.45) is 2.48. The van der Waals surface area contributed by atoms with E-state index in [4.69, 9.17) is 10.5 Å². The Morgan fingerprint density at radius 2 is 2.14 bits per heavy atom. The number of nitrogens with two attached hydrogens (primary N) is 1. The van der Waals surface area contributed by atoms with Crippen LogP contribution in [0, 0.1) is 6.92 Å². The van der Waals surface area contributed by atoms with E-state index in [1.807, 2.05) is 31.2 Å². The number of rotatable bonds is 8. The van der Waals surface area contributed by atoms with Crippen LogP contribution in [0.25, 0.3) is 0 Å². The number of aromatic nitrogens is 5. The summed E-state index contributed by atoms with van der Waals surface area (Å²) in [6, 6.07) is 7.92. The van der Waals surface area contributed by atoms with Crippen LogP contribution in [-0.2, 0) is 10.5 Å². The Hall–Kier alpha value is -2.50. The van der Waals surface area contributed by atoms with Gasteiger partial charge in [-0.15, -0.1) is 10.2 Å². The Morgan fingerprint density at radius 3 is 2.97 bits per heavy atom. The first-order valence-electron chi connectivity index (χ1n) is 9.30. The van der Waals surface area contributed by atoms with Crippen molar-refractivity contribution in [3.05, 3.63) is 35.7 Å². The Bertz CT molecular complexity index is 961. The first kappa shape index (κ1) is 19.8. The summed E-state index contributed by atoms with van der Waals surface area (Å²) < 4.78 is 6.45. The zero-order valence-electron chi connectivity index (χ0n) is 16.0. The third-order valence-corrected chi connectivity index (χ3v) is 6.34. The van der Waals surface area contributed by atoms with Crippen LogP contribution in [0.3, 0.4) is 0 Å². The summed E-state index contributed by atoms with van der Waals surface area (Å²) in [6.45, 7) is 3.63. The smallest absolute Gasteiger partial charge is 0.232 e. The standard InChI is InChI=1S/C18H22N8OS2/c1-11-5-2-3-7-13(11)21-16-23-14(22-15(19)24-16)10-28-18-26-25-17(29-18)20-9-12-6-4-8-27-12/h2-3,5,7,12H,4,6,8-10H2,1H3,(H,20,25)(H3,19,21,22,23,24)/t12-/m1/s1. The zero-order chi connectivity index (χ0) is 20.1. The van der Waals surface area contributed by atoms with Gasteiger partial charge in [-0.25, -0.2) is 0 Å². The van der Waals surface area contributed by atoms with Crippen molar-refractivity contribution in [2.24, 2.45) is 0 Å². The number of anilines is 4. The van der Waals surface area contributed by atoms with Crippen LogP contribution in [0.5, 0.6) is 0 Å². The highest BCUT2D eigenvalue weighted by molar-refractivity contribution is 8.00. The molecule has 0 spiro atoms. The lowest BCUT2D eigenvalue weighted by Crippen LogP contribution is -2.18. The van der Waals surface area contributed by atoms with Gasteiger partial charge >= 0.3 is 0 Å². The molecule has 0 aliphatic carbocycles. The average molecular weight is 431 g/mol. The number of nitrogens with one attached hydrogen (secondary N) is 2. The molecule has 0 saturated carbocycles. The highest BCUT2D eigenvalue weighted by Crippen LogP contribution is 2.28. The number of ether oxygens (including phenoxy) is 1. The van der Waals surface area contributed by atoms with Gasteiger partial charge in [-0.3, -0.25) is 0 Å². The monoisotopic (exact) mass is 430 g/mol. The average Bonchev–Trinajstić information content (AvgIpc) is 3.38. The molecule has 9 nitrogen and oxygen atoms in total. The molecule has 1 aliphatic heterocycles. The normalized spacial score (nSPS) is 16.1. The van der Waals surface area contributed by atoms with Gasteiger partial charge < -0.3 is 21.1 Å². The van der Waals surface area contributed by atoms with Crippen molar-refractivity contribution in [3.63, 3.8) is 0 Å². The number of benzene rings is 1. The Balaban J connectivity index is 1.34. The molecule has 152 valence electrons. The van der Waals surface area contributed by atoms with Gasteiger partial charge in [0, 0.05) is 18.8 Å². The van der Waals surface area contributed by atoms with Gasteiger partial charge in [-0.2, -0.15) is 15.0 Å². The molecule has 0 amide bonds. The van der Waals surface area contributed by atoms with E-state index in [-0.39, 0.29) is 12.1 Å². The molecule has 2 aromatic heterocycles. The zero-order valence-corrected chi connectivity index (χ0v) is 17.6. The maximum atomic E-state index is 5.86. The minimum atomic E-state index is 0.183. The molecule has 3 aromatic rings. The predicted molar refractivity (Wildman–Crippen MR) is 116 cm³/mol. The third-order valence-electron chi connectivity index (χ3n) is 4.33. The van der Waals surface area contributed by atoms with Crippen LogP contribution in [-0.4, -0.2) is 44.4 Å². The van der Waals surface area contributed by atoms with Crippen molar-refractivity contribution in [2.45, 2.75) is 36.0 Å². The summed E-state index contributed by atoms with van der Waals surface area (Å²) in [5, 5.41) is 15.7. The van der Waals surface area contributed by atoms with Crippen molar-refractivity contribution in [3.8, 4) is 0 Å². The van der Waals surface area contributed by atoms with Crippen molar-refractivity contribution < 1.29 is 4.74 Å². The van der Waals surface area contributed by atoms with E-state index in [0.29, 0.717) is 17.5 Å². The number of hydrogen-bond acceptors (Lipinski definition) is 11. The van der Waals surface area contributed by atoms with Crippen LogP contribution >= 0.6 is 23.1 Å². The topological polar surface area (TPSA) is 124 Å². The lowest BCUT2D eigenvalue weighted by Gasteiger charge is -2.09. The third kappa shape index (κ3) is 5.52. The van der Waals surface area contributed by atoms with E-state index in [2.05, 4.69) is 35.8 Å². The number of nitrogen functional groups attached to an aromatic ring is 1. The van der Waals surface area contributed by atoms with E-state index >= 15 is 0 Å². The second-order valence-electron chi connectivity index (χ2n) is 6.55. The predicted octanol–water partition coefficient (Wildman–Crippen LogP) is 3.24. The summed E-state index contributed by atoms with van der Waals surface area (Å²) in [5.74, 6) is 1.72. The van der Waals surface area contributed by atoms with Crippen LogP contribution in [0.4, 0.5) is 22.7 Å². The highest BCUT2D eigenvalue weighted by atomic mass is 32.2. The van der Waals surface area contributed by atoms with Crippen LogP contribution in [0.1, 0.15) is 24.2 Å². The SMILES string of the molecule is Cc1ccccc1Nc1nc(N)nc(CSc2nnc(NC[C@H]3CCCO3)s2)n1. The first-order valence-corrected chi connectivity index (χ1v) is 11.1. The van der Waals surface area contributed by atoms with Crippen molar-refractivity contribution in [1.29, 1.82) is 0 Å². The minimum Gasteiger partial charge on any atom is -0.376 e. The molecular formula is C18H22N8OS2. The number of aryl methyl sites for hydroxylation is 1. The molecule has 1 saturated heterocycles. The van der Waals surface area contributed by atoms with Gasteiger partial charge in [-0.1, -0.05) is 41.3 Å². The number of thioether (sulfide) groups is 1. The van der Waals surface area contributed by atoms with E-state index in [1.165, 1.54) is 23.1 Å². The number of para-hydroxylation sites is 1. The molecule has 0 unspecified atom stereocenters. The summed E-state index contributed by atoms with van der Waals surface area (Å²) in [4.78, 5) is 12.9. The van der Waals surface area contributed by atoms with E-state index in [0.717, 1.165) is 46.7 Å². The summed E-state index contributed by atoms with van der Waals surface area (Å²) >= 11 is 3.02. The van der Waals surface area contributed by atoms with Gasteiger partial charge in [0.1, 0.15) is 5.82 Å². The summed E-state index contributed by atoms with van der Waals surface area (Å²) in [7, 11) is 0. The molecule has 1 aliphatic rings. The first-order chi connectivity index (χ1) is 14.2. The van der Waals surface area contributed by atoms with Crippen LogP contribution < -0.4 is 16.4 Å². The highest BCUT2D eigenvalue weighted by Gasteiger charge is 2.16. The number of nitrogens with zero attached hydrogens (tertiary/aromatic N) is 5. The van der Waals surface area contributed by atoms with Gasteiger partial charge in [-0.05, 0) is 31.4 Å². The summed E-state index contributed by atoms with van der Waals surface area (Å²) in [5.41, 5.74) is 7.89. The molecule has 4 rings (SSSR count). The maximum Gasteiger partial charge on any atom is 0.232 e. The largest absolute Gasteiger partial charge is 0.376 e. The molecule has 0 radical (unpaired) electrons. The van der Waals surface area contributed by atoms with Gasteiger partial charge in [0.2, 0.25) is 17.0 Å². The van der Waals surface area contributed by atoms with Gasteiger partial charge in [0.05, 0.1) is 11.9 Å². The second-order valence-corrected chi connectivity index (χ2v) is 8.75. The van der Waals surface area contributed by atoms with E-state index < -0.39 is 0 Å². The van der Waals surface area contributed by atoms with Gasteiger partial charge in [0.25, 0.3) is 0 Å². The Morgan fingerprint density at radius 1 is 1.24 bits per heavy atom. The minimum absolute atomic E-state index is 0.183. The van der Waals surface area contributed by atoms with Crippen LogP contribution in [0.2, 0.25) is 0 Å². The van der Waals surface area contributed by atoms with E-state index in [9.17, 15) is 0 Å². The lowest BCUT2D eigenvalue weighted by molar-refractivity contribution is 0.120. The molecule has 1 atom stereocenters.